The summed E-state index contributed by atoms with van der Waals surface area (Å²) in [6.07, 6.45) is 0.324. The van der Waals surface area contributed by atoms with E-state index in [1.165, 1.54) is 30.9 Å². The number of halogens is 1. The lowest BCUT2D eigenvalue weighted by Crippen LogP contribution is -2.63. The number of nitrogens with zero attached hydrogens (tertiary/aromatic N) is 2. The average molecular weight is 1200 g/mol. The predicted molar refractivity (Wildman–Crippen MR) is 316 cm³/mol. The van der Waals surface area contributed by atoms with E-state index < -0.39 is 101 Å². The van der Waals surface area contributed by atoms with Crippen LogP contribution in [0, 0.1) is 18.8 Å². The molecule has 0 saturated carbocycles. The molecule has 21 heteroatoms. The summed E-state index contributed by atoms with van der Waals surface area (Å²) < 4.78 is 46.5. The van der Waals surface area contributed by atoms with Crippen molar-refractivity contribution in [2.75, 3.05) is 65.7 Å². The van der Waals surface area contributed by atoms with E-state index in [0.717, 1.165) is 39.0 Å². The summed E-state index contributed by atoms with van der Waals surface area (Å²) in [4.78, 5) is 97.1. The third-order valence-electron chi connectivity index (χ3n) is 16.2. The molecule has 0 radical (unpaired) electrons. The normalized spacial score (nSPS) is 24.8. The molecule has 0 spiro atoms. The van der Waals surface area contributed by atoms with E-state index in [1.54, 1.807) is 53.8 Å². The van der Waals surface area contributed by atoms with Crippen molar-refractivity contribution in [3.8, 4) is 11.1 Å². The van der Waals surface area contributed by atoms with E-state index in [0.29, 0.717) is 17.1 Å². The summed E-state index contributed by atoms with van der Waals surface area (Å²) in [5, 5.41) is 17.6. The van der Waals surface area contributed by atoms with Gasteiger partial charge in [-0.15, -0.1) is 0 Å². The summed E-state index contributed by atoms with van der Waals surface area (Å²) >= 11 is 6.84. The molecule has 3 aromatic rings. The van der Waals surface area contributed by atoms with E-state index in [2.05, 4.69) is 10.6 Å². The van der Waals surface area contributed by atoms with Crippen LogP contribution in [0.2, 0.25) is 5.02 Å². The molecule has 7 rings (SSSR count). The molecule has 4 bridgehead atoms. The zero-order chi connectivity index (χ0) is 62.0. The Morgan fingerprint density at radius 2 is 1.61 bits per heavy atom. The van der Waals surface area contributed by atoms with Crippen molar-refractivity contribution < 1.29 is 76.6 Å². The molecule has 1 unspecified atom stereocenters. The van der Waals surface area contributed by atoms with E-state index in [1.807, 2.05) is 80.6 Å². The van der Waals surface area contributed by atoms with E-state index in [4.69, 9.17) is 49.5 Å². The predicted octanol–water partition coefficient (Wildman–Crippen LogP) is 7.84. The Bertz CT molecular complexity index is 2950. The second kappa shape index (κ2) is 28.7. The number of alkyl carbamates (subject to hydrolysis) is 1. The van der Waals surface area contributed by atoms with Gasteiger partial charge in [-0.1, -0.05) is 96.9 Å². The number of aliphatic hydroxyl groups is 1. The minimum absolute atomic E-state index is 0.00787. The van der Waals surface area contributed by atoms with E-state index in [9.17, 15) is 38.7 Å². The monoisotopic (exact) mass is 1200 g/mol. The number of anilines is 1. The number of epoxide rings is 1. The van der Waals surface area contributed by atoms with Gasteiger partial charge in [0.15, 0.2) is 5.72 Å². The van der Waals surface area contributed by atoms with Crippen LogP contribution in [-0.2, 0) is 73.1 Å². The molecule has 4 amide bonds. The van der Waals surface area contributed by atoms with Gasteiger partial charge in [-0.2, -0.15) is 0 Å². The molecule has 20 nitrogen and oxygen atoms in total. The summed E-state index contributed by atoms with van der Waals surface area (Å²) in [5.74, 6) is -4.77. The zero-order valence-corrected chi connectivity index (χ0v) is 51.4. The van der Waals surface area contributed by atoms with Gasteiger partial charge in [0, 0.05) is 58.3 Å². The van der Waals surface area contributed by atoms with Gasteiger partial charge in [0.1, 0.15) is 42.2 Å². The highest BCUT2D eigenvalue weighted by Gasteiger charge is 2.64. The van der Waals surface area contributed by atoms with Gasteiger partial charge in [-0.25, -0.2) is 9.59 Å². The molecular formula is C64H83ClN4O16. The van der Waals surface area contributed by atoms with Gasteiger partial charge < -0.3 is 58.1 Å². The molecule has 9 atom stereocenters. The van der Waals surface area contributed by atoms with Crippen LogP contribution in [0.4, 0.5) is 10.5 Å². The first kappa shape index (κ1) is 65.9. The average Bonchev–Trinajstić information content (AvgIpc) is 1.93. The fourth-order valence-corrected chi connectivity index (χ4v) is 11.4. The third-order valence-corrected chi connectivity index (χ3v) is 16.7. The Morgan fingerprint density at radius 1 is 0.953 bits per heavy atom. The second-order valence-electron chi connectivity index (χ2n) is 23.7. The highest BCUT2D eigenvalue weighted by Crippen LogP contribution is 2.49. The second-order valence-corrected chi connectivity index (χ2v) is 24.1. The van der Waals surface area contributed by atoms with Crippen LogP contribution in [0.5, 0.6) is 0 Å². The zero-order valence-electron chi connectivity index (χ0n) is 50.7. The number of esters is 3. The lowest BCUT2D eigenvalue weighted by atomic mass is 9.83. The van der Waals surface area contributed by atoms with Crippen molar-refractivity contribution >= 4 is 59.0 Å². The maximum absolute atomic E-state index is 14.4. The maximum atomic E-state index is 14.4. The molecule has 85 heavy (non-hydrogen) atoms. The van der Waals surface area contributed by atoms with Crippen LogP contribution in [-0.4, -0.2) is 160 Å². The number of likely N-dealkylation sites (N-methyl/N-ethyl adjacent to an activating group) is 1. The molecule has 3 aliphatic heterocycles. The van der Waals surface area contributed by atoms with Gasteiger partial charge in [-0.3, -0.25) is 29.3 Å². The Hall–Kier alpha value is -6.68. The molecule has 4 aliphatic rings. The number of allylic oxidation sites excluding steroid dienone is 3. The number of carbonyl (C=O) groups is 7. The molecule has 2 fully saturated rings. The standard InChI is InChI=1S/C64H83ClN4O16/c1-38-17-16-22-51(78-11)64(77)36-50(82-61(76)67-64)40(3)58-63(8,85-58)52(35-54(71)69(10)49-33-42(31-38)32-39(2)57(49)65)83-60(75)41(4)68(9)53(70)25-27-79-29-30-80-28-26-66-59(74)43(23-24-55(72)84-62(5,6)7)34-56(73)81-37-48-46-20-14-12-18-44(46)45-19-13-15-21-47(45)48/h12-22,32-33,40-41,43,48,50-52,58,77H,23-31,34-37H2,1-11H3,(H,66,74)(H,67,76)/b22-16+,38-17+/t40-,41+,43-,50+,51-,52+,58?,63+,64-/m1/s1. The molecule has 462 valence electrons. The number of hydrogen-bond donors (Lipinski definition) is 3. The number of fused-ring (bicyclic) bond motifs is 8. The summed E-state index contributed by atoms with van der Waals surface area (Å²) in [7, 11) is 4.47. The molecule has 1 aliphatic carbocycles. The van der Waals surface area contributed by atoms with Gasteiger partial charge >= 0.3 is 24.0 Å². The fourth-order valence-electron chi connectivity index (χ4n) is 11.2. The van der Waals surface area contributed by atoms with Crippen molar-refractivity contribution in [2.24, 2.45) is 11.8 Å². The summed E-state index contributed by atoms with van der Waals surface area (Å²) in [5.41, 5.74) is 3.45. The number of amides is 4. The number of ether oxygens (including phenoxy) is 8. The third kappa shape index (κ3) is 16.9. The first-order chi connectivity index (χ1) is 40.2. The van der Waals surface area contributed by atoms with Crippen molar-refractivity contribution in [3.05, 3.63) is 112 Å². The quantitative estimate of drug-likeness (QED) is 0.0398. The van der Waals surface area contributed by atoms with Gasteiger partial charge in [0.05, 0.1) is 62.5 Å². The highest BCUT2D eigenvalue weighted by atomic mass is 35.5. The molecule has 2 saturated heterocycles. The number of rotatable bonds is 21. The van der Waals surface area contributed by atoms with Crippen molar-refractivity contribution in [2.45, 2.75) is 154 Å². The summed E-state index contributed by atoms with van der Waals surface area (Å²) in [6, 6.07) is 18.6. The minimum atomic E-state index is -1.87. The Balaban J connectivity index is 0.896. The Labute approximate surface area is 503 Å². The van der Waals surface area contributed by atoms with Crippen LogP contribution >= 0.6 is 11.6 Å². The number of nitrogens with one attached hydrogen (secondary N) is 2. The van der Waals surface area contributed by atoms with E-state index in [-0.39, 0.29) is 84.0 Å². The van der Waals surface area contributed by atoms with Gasteiger partial charge in [0.2, 0.25) is 17.7 Å². The number of benzene rings is 3. The Morgan fingerprint density at radius 3 is 2.27 bits per heavy atom. The Kier molecular flexibility index (Phi) is 22.2. The van der Waals surface area contributed by atoms with Crippen LogP contribution in [0.1, 0.15) is 115 Å². The first-order valence-electron chi connectivity index (χ1n) is 29.0. The van der Waals surface area contributed by atoms with Crippen molar-refractivity contribution in [1.29, 1.82) is 0 Å². The van der Waals surface area contributed by atoms with Crippen LogP contribution < -0.4 is 15.5 Å². The number of methoxy groups -OCH3 is 1. The van der Waals surface area contributed by atoms with E-state index >= 15 is 0 Å². The van der Waals surface area contributed by atoms with Gasteiger partial charge in [-0.05, 0) is 101 Å². The van der Waals surface area contributed by atoms with Crippen LogP contribution in [0.15, 0.2) is 84.5 Å². The lowest BCUT2D eigenvalue weighted by molar-refractivity contribution is -0.162. The SMILES string of the molecule is CO[C@@H]1/C=C/C=C(\C)Cc2cc(C)c(Cl)c(c2)N(C)C(=O)C[C@H](OC(=O)[C@H](C)N(C)C(=O)CCOCCOCCNC(=O)[C@H](CCC(=O)OC(C)(C)C)CC(=O)OCC2c3ccccc3-c3ccccc32)[C@]2(C)OC2[C@H](C)[C@@H]2C[C@]1(O)NC(=O)O2. The minimum Gasteiger partial charge on any atom is -0.465 e. The highest BCUT2D eigenvalue weighted by molar-refractivity contribution is 6.34. The molecular weight excluding hydrogens is 1120 g/mol. The number of aryl methyl sites for hydroxylation is 1. The molecule has 0 aromatic heterocycles. The maximum Gasteiger partial charge on any atom is 0.409 e. The molecule has 3 heterocycles. The number of hydrogen-bond acceptors (Lipinski definition) is 16. The molecule has 3 N–H and O–H groups in total. The fraction of sp³-hybridized carbons (Fsp3) is 0.547. The molecule has 3 aromatic carbocycles. The van der Waals surface area contributed by atoms with Crippen molar-refractivity contribution in [3.63, 3.8) is 0 Å². The summed E-state index contributed by atoms with van der Waals surface area (Å²) in [6.45, 7) is 14.6. The smallest absolute Gasteiger partial charge is 0.409 e. The number of carbonyl (C=O) groups excluding carboxylic acids is 7. The topological polar surface area (TPSA) is 247 Å². The lowest BCUT2D eigenvalue weighted by Gasteiger charge is -2.42. The van der Waals surface area contributed by atoms with Crippen molar-refractivity contribution in [1.82, 2.24) is 15.5 Å². The van der Waals surface area contributed by atoms with Crippen LogP contribution in [0.25, 0.3) is 11.1 Å². The first-order valence-corrected chi connectivity index (χ1v) is 29.4. The largest absolute Gasteiger partial charge is 0.465 e. The van der Waals surface area contributed by atoms with Crippen LogP contribution in [0.3, 0.4) is 0 Å². The van der Waals surface area contributed by atoms with Gasteiger partial charge in [0.25, 0.3) is 0 Å².